The van der Waals surface area contributed by atoms with E-state index in [1.165, 1.54) is 18.2 Å². The maximum absolute atomic E-state index is 14.4. The monoisotopic (exact) mass is 589 g/mol. The van der Waals surface area contributed by atoms with Gasteiger partial charge < -0.3 is 9.55 Å². The Kier molecular flexibility index (Phi) is 6.80. The highest BCUT2D eigenvalue weighted by molar-refractivity contribution is 5.85. The number of aromatic nitrogens is 6. The number of imidazole rings is 1. The number of aryl methyl sites for hydroxylation is 1. The van der Waals surface area contributed by atoms with Gasteiger partial charge in [0, 0.05) is 37.3 Å². The Balaban J connectivity index is 1.34. The average Bonchev–Trinajstić information content (AvgIpc) is 3.59. The van der Waals surface area contributed by atoms with Gasteiger partial charge in [0.25, 0.3) is 0 Å². The van der Waals surface area contributed by atoms with Gasteiger partial charge >= 0.3 is 6.18 Å². The minimum Gasteiger partial charge on any atom is -0.337 e. The van der Waals surface area contributed by atoms with Crippen molar-refractivity contribution in [1.29, 1.82) is 0 Å². The van der Waals surface area contributed by atoms with Crippen LogP contribution in [0.5, 0.6) is 0 Å². The minimum absolute atomic E-state index is 0.125. The lowest BCUT2D eigenvalue weighted by molar-refractivity contribution is -0.136. The first-order chi connectivity index (χ1) is 20.6. The number of nitrogens with zero attached hydrogens (tertiary/aromatic N) is 6. The molecular formula is C32H31F4N7. The van der Waals surface area contributed by atoms with E-state index in [1.807, 2.05) is 6.07 Å². The molecular weight excluding hydrogens is 558 g/mol. The van der Waals surface area contributed by atoms with Gasteiger partial charge in [-0.2, -0.15) is 13.2 Å². The number of likely N-dealkylation sites (tertiary alicyclic amines) is 1. The van der Waals surface area contributed by atoms with Crippen LogP contribution in [0.25, 0.3) is 45.1 Å². The van der Waals surface area contributed by atoms with E-state index < -0.39 is 17.6 Å². The van der Waals surface area contributed by atoms with Crippen molar-refractivity contribution in [2.45, 2.75) is 51.2 Å². The number of aromatic amines is 1. The van der Waals surface area contributed by atoms with Crippen molar-refractivity contribution in [2.24, 2.45) is 13.0 Å². The number of piperidine rings is 1. The molecule has 3 aromatic heterocycles. The Bertz CT molecular complexity index is 1820. The van der Waals surface area contributed by atoms with Gasteiger partial charge in [0.15, 0.2) is 11.6 Å². The second-order valence-electron chi connectivity index (χ2n) is 12.0. The number of alkyl halides is 3. The van der Waals surface area contributed by atoms with Crippen molar-refractivity contribution >= 4 is 11.0 Å². The van der Waals surface area contributed by atoms with Gasteiger partial charge in [-0.3, -0.25) is 4.90 Å². The summed E-state index contributed by atoms with van der Waals surface area (Å²) in [6.45, 7) is 4.37. The Morgan fingerprint density at radius 2 is 1.84 bits per heavy atom. The Hall–Kier alpha value is -4.12. The summed E-state index contributed by atoms with van der Waals surface area (Å²) in [5.74, 6) is 1.12. The van der Waals surface area contributed by atoms with Crippen LogP contribution in [-0.2, 0) is 19.8 Å². The molecule has 1 saturated heterocycles. The third kappa shape index (κ3) is 5.53. The fraction of sp³-hybridized carbons (Fsp3) is 0.375. The smallest absolute Gasteiger partial charge is 0.337 e. The van der Waals surface area contributed by atoms with E-state index in [0.29, 0.717) is 46.2 Å². The summed E-state index contributed by atoms with van der Waals surface area (Å²) in [4.78, 5) is 14.7. The molecule has 2 aliphatic rings. The number of H-pyrrole nitrogens is 1. The summed E-state index contributed by atoms with van der Waals surface area (Å²) in [6, 6.07) is 11.2. The zero-order valence-electron chi connectivity index (χ0n) is 23.9. The van der Waals surface area contributed by atoms with Gasteiger partial charge in [-0.1, -0.05) is 13.0 Å². The zero-order chi connectivity index (χ0) is 29.9. The van der Waals surface area contributed by atoms with E-state index in [4.69, 9.17) is 4.98 Å². The molecule has 0 unspecified atom stereocenters. The third-order valence-electron chi connectivity index (χ3n) is 8.43. The summed E-state index contributed by atoms with van der Waals surface area (Å²) in [5, 5.41) is 8.13. The second-order valence-corrected chi connectivity index (χ2v) is 12.0. The van der Waals surface area contributed by atoms with Crippen molar-refractivity contribution in [3.05, 3.63) is 71.4 Å². The standard InChI is InChI=1S/C32H31F4N7/c1-18-4-3-9-43(15-18)16-19-10-25(32(34,35)36)29-27(11-19)39-30(40-29)28-13-21(12-26(38-28)20-5-6-20)23-8-7-22(33)14-24(23)31-41-37-17-42(31)2/h7-8,10-14,17-18,20H,3-6,9,15-16H2,1-2H3,(H,39,40)/t18-/m0/s1. The van der Waals surface area contributed by atoms with Crippen LogP contribution >= 0.6 is 0 Å². The molecule has 2 aromatic carbocycles. The van der Waals surface area contributed by atoms with Crippen molar-refractivity contribution < 1.29 is 17.6 Å². The van der Waals surface area contributed by atoms with E-state index in [9.17, 15) is 17.6 Å². The van der Waals surface area contributed by atoms with E-state index in [0.717, 1.165) is 50.0 Å². The predicted molar refractivity (Wildman–Crippen MR) is 155 cm³/mol. The summed E-state index contributed by atoms with van der Waals surface area (Å²) in [6.07, 6.45) is 1.12. The van der Waals surface area contributed by atoms with Gasteiger partial charge in [-0.05, 0) is 91.2 Å². The molecule has 2 fully saturated rings. The molecule has 1 atom stereocenters. The normalized spacial score (nSPS) is 18.0. The third-order valence-corrected chi connectivity index (χ3v) is 8.43. The van der Waals surface area contributed by atoms with Gasteiger partial charge in [0.2, 0.25) is 0 Å². The molecule has 1 aliphatic heterocycles. The molecule has 0 spiro atoms. The SMILES string of the molecule is C[C@H]1CCCN(Cc2cc(C(F)(F)F)c3nc(-c4cc(-c5ccc(F)cc5-c5nncn5C)cc(C5CC5)n4)[nH]c3c2)C1. The number of fused-ring (bicyclic) bond motifs is 1. The number of pyridine rings is 1. The summed E-state index contributed by atoms with van der Waals surface area (Å²) < 4.78 is 59.1. The van der Waals surface area contributed by atoms with Crippen LogP contribution in [0.15, 0.2) is 48.8 Å². The molecule has 1 aliphatic carbocycles. The summed E-state index contributed by atoms with van der Waals surface area (Å²) in [5.41, 5.74) is 3.33. The van der Waals surface area contributed by atoms with E-state index in [-0.39, 0.29) is 17.3 Å². The first-order valence-corrected chi connectivity index (χ1v) is 14.6. The molecule has 7 rings (SSSR count). The second kappa shape index (κ2) is 10.6. The molecule has 7 nitrogen and oxygen atoms in total. The Labute approximate surface area is 246 Å². The number of hydrogen-bond acceptors (Lipinski definition) is 5. The number of rotatable bonds is 6. The highest BCUT2D eigenvalue weighted by Gasteiger charge is 2.35. The van der Waals surface area contributed by atoms with Crippen LogP contribution in [-0.4, -0.2) is 47.7 Å². The maximum atomic E-state index is 14.4. The molecule has 222 valence electrons. The lowest BCUT2D eigenvalue weighted by Crippen LogP contribution is -2.33. The topological polar surface area (TPSA) is 75.5 Å². The van der Waals surface area contributed by atoms with E-state index in [1.54, 1.807) is 36.1 Å². The molecule has 5 aromatic rings. The molecule has 1 N–H and O–H groups in total. The fourth-order valence-corrected chi connectivity index (χ4v) is 6.19. The summed E-state index contributed by atoms with van der Waals surface area (Å²) >= 11 is 0. The van der Waals surface area contributed by atoms with Crippen molar-refractivity contribution in [1.82, 2.24) is 34.6 Å². The Morgan fingerprint density at radius 1 is 1.00 bits per heavy atom. The molecule has 0 bridgehead atoms. The largest absolute Gasteiger partial charge is 0.418 e. The van der Waals surface area contributed by atoms with Gasteiger partial charge in [-0.15, -0.1) is 10.2 Å². The first kappa shape index (κ1) is 27.7. The van der Waals surface area contributed by atoms with Crippen LogP contribution in [0.4, 0.5) is 17.6 Å². The zero-order valence-corrected chi connectivity index (χ0v) is 23.9. The van der Waals surface area contributed by atoms with Crippen LogP contribution in [0.2, 0.25) is 0 Å². The molecule has 43 heavy (non-hydrogen) atoms. The first-order valence-electron chi connectivity index (χ1n) is 14.6. The van der Waals surface area contributed by atoms with Crippen LogP contribution in [0.3, 0.4) is 0 Å². The highest BCUT2D eigenvalue weighted by atomic mass is 19.4. The quantitative estimate of drug-likeness (QED) is 0.210. The fourth-order valence-electron chi connectivity index (χ4n) is 6.19. The predicted octanol–water partition coefficient (Wildman–Crippen LogP) is 7.35. The van der Waals surface area contributed by atoms with Crippen LogP contribution in [0, 0.1) is 11.7 Å². The molecule has 0 radical (unpaired) electrons. The number of hydrogen-bond donors (Lipinski definition) is 1. The summed E-state index contributed by atoms with van der Waals surface area (Å²) in [7, 11) is 1.78. The molecule has 4 heterocycles. The average molecular weight is 590 g/mol. The van der Waals surface area contributed by atoms with Gasteiger partial charge in [0.05, 0.1) is 11.1 Å². The molecule has 0 amide bonds. The lowest BCUT2D eigenvalue weighted by atomic mass is 9.97. The number of benzene rings is 2. The molecule has 1 saturated carbocycles. The van der Waals surface area contributed by atoms with Gasteiger partial charge in [0.1, 0.15) is 23.4 Å². The van der Waals surface area contributed by atoms with E-state index in [2.05, 4.69) is 32.0 Å². The van der Waals surface area contributed by atoms with Crippen LogP contribution in [0.1, 0.15) is 55.3 Å². The minimum atomic E-state index is -4.57. The molecule has 11 heteroatoms. The highest BCUT2D eigenvalue weighted by Crippen LogP contribution is 2.43. The van der Waals surface area contributed by atoms with Crippen LogP contribution < -0.4 is 0 Å². The van der Waals surface area contributed by atoms with Crippen molar-refractivity contribution in [3.63, 3.8) is 0 Å². The lowest BCUT2D eigenvalue weighted by Gasteiger charge is -2.31. The van der Waals surface area contributed by atoms with E-state index >= 15 is 0 Å². The Morgan fingerprint density at radius 3 is 2.56 bits per heavy atom. The number of halogens is 4. The maximum Gasteiger partial charge on any atom is 0.418 e. The van der Waals surface area contributed by atoms with Crippen molar-refractivity contribution in [2.75, 3.05) is 13.1 Å². The van der Waals surface area contributed by atoms with Crippen molar-refractivity contribution in [3.8, 4) is 34.0 Å². The number of nitrogens with one attached hydrogen (secondary N) is 1. The van der Waals surface area contributed by atoms with Gasteiger partial charge in [-0.25, -0.2) is 14.4 Å².